The van der Waals surface area contributed by atoms with Crippen LogP contribution in [0.2, 0.25) is 0 Å². The molecule has 1 aromatic carbocycles. The number of amides is 1. The SMILES string of the molecule is O=C(c1cncc(NCCC2COc3ccccc3O2)n1)N1CCCC1. The fourth-order valence-corrected chi connectivity index (χ4v) is 3.20. The highest BCUT2D eigenvalue weighted by Gasteiger charge is 2.22. The molecule has 0 spiro atoms. The van der Waals surface area contributed by atoms with Gasteiger partial charge in [0.2, 0.25) is 0 Å². The van der Waals surface area contributed by atoms with Crippen LogP contribution < -0.4 is 14.8 Å². The fraction of sp³-hybridized carbons (Fsp3) is 0.421. The Bertz CT molecular complexity index is 777. The van der Waals surface area contributed by atoms with Crippen LogP contribution in [0.3, 0.4) is 0 Å². The standard InChI is InChI=1S/C19H22N4O3/c24-19(23-9-3-4-10-23)15-11-20-12-18(22-15)21-8-7-14-13-25-16-5-1-2-6-17(16)26-14/h1-2,5-6,11-12,14H,3-4,7-10,13H2,(H,21,22). The molecular formula is C19H22N4O3. The molecule has 136 valence electrons. The van der Waals surface area contributed by atoms with E-state index in [2.05, 4.69) is 15.3 Å². The van der Waals surface area contributed by atoms with E-state index in [0.29, 0.717) is 24.7 Å². The van der Waals surface area contributed by atoms with Crippen molar-refractivity contribution in [1.82, 2.24) is 14.9 Å². The Balaban J connectivity index is 1.30. The molecule has 2 aliphatic rings. The maximum absolute atomic E-state index is 12.4. The summed E-state index contributed by atoms with van der Waals surface area (Å²) in [5, 5.41) is 3.22. The van der Waals surface area contributed by atoms with Crippen LogP contribution in [0.5, 0.6) is 11.5 Å². The molecule has 1 unspecified atom stereocenters. The van der Waals surface area contributed by atoms with Gasteiger partial charge in [-0.05, 0) is 25.0 Å². The van der Waals surface area contributed by atoms with E-state index in [-0.39, 0.29) is 12.0 Å². The molecule has 7 nitrogen and oxygen atoms in total. The van der Waals surface area contributed by atoms with Gasteiger partial charge in [0, 0.05) is 26.1 Å². The Morgan fingerprint density at radius 2 is 2.00 bits per heavy atom. The summed E-state index contributed by atoms with van der Waals surface area (Å²) < 4.78 is 11.7. The van der Waals surface area contributed by atoms with E-state index in [1.54, 1.807) is 6.20 Å². The van der Waals surface area contributed by atoms with Crippen LogP contribution >= 0.6 is 0 Å². The van der Waals surface area contributed by atoms with E-state index < -0.39 is 0 Å². The topological polar surface area (TPSA) is 76.6 Å². The molecule has 1 N–H and O–H groups in total. The fourth-order valence-electron chi connectivity index (χ4n) is 3.20. The minimum Gasteiger partial charge on any atom is -0.486 e. The van der Waals surface area contributed by atoms with Gasteiger partial charge in [-0.1, -0.05) is 12.1 Å². The number of benzene rings is 1. The van der Waals surface area contributed by atoms with Crippen molar-refractivity contribution in [2.45, 2.75) is 25.4 Å². The predicted molar refractivity (Wildman–Crippen MR) is 96.6 cm³/mol. The number of carbonyl (C=O) groups excluding carboxylic acids is 1. The number of aromatic nitrogens is 2. The second-order valence-corrected chi connectivity index (χ2v) is 6.50. The predicted octanol–water partition coefficient (Wildman–Crippen LogP) is 2.35. The third-order valence-electron chi connectivity index (χ3n) is 4.59. The van der Waals surface area contributed by atoms with E-state index in [4.69, 9.17) is 9.47 Å². The van der Waals surface area contributed by atoms with Crippen LogP contribution in [0.1, 0.15) is 29.8 Å². The molecule has 4 rings (SSSR count). The highest BCUT2D eigenvalue weighted by atomic mass is 16.6. The summed E-state index contributed by atoms with van der Waals surface area (Å²) in [6.07, 6.45) is 6.03. The van der Waals surface area contributed by atoms with Gasteiger partial charge in [-0.25, -0.2) is 4.98 Å². The molecule has 26 heavy (non-hydrogen) atoms. The zero-order chi connectivity index (χ0) is 17.8. The van der Waals surface area contributed by atoms with Crippen molar-refractivity contribution in [3.8, 4) is 11.5 Å². The minimum absolute atomic E-state index is 0.0141. The molecule has 1 fully saturated rings. The van der Waals surface area contributed by atoms with Gasteiger partial charge in [-0.3, -0.25) is 9.78 Å². The summed E-state index contributed by atoms with van der Waals surface area (Å²) in [5.41, 5.74) is 0.392. The van der Waals surface area contributed by atoms with E-state index in [0.717, 1.165) is 43.9 Å². The molecule has 7 heteroatoms. The van der Waals surface area contributed by atoms with Crippen LogP contribution in [0, 0.1) is 0 Å². The van der Waals surface area contributed by atoms with Crippen LogP contribution in [-0.2, 0) is 0 Å². The number of fused-ring (bicyclic) bond motifs is 1. The largest absolute Gasteiger partial charge is 0.486 e. The maximum atomic E-state index is 12.4. The Morgan fingerprint density at radius 1 is 1.19 bits per heavy atom. The normalized spacial score (nSPS) is 18.6. The lowest BCUT2D eigenvalue weighted by atomic mass is 10.2. The van der Waals surface area contributed by atoms with Crippen LogP contribution in [-0.4, -0.2) is 53.1 Å². The molecule has 1 saturated heterocycles. The maximum Gasteiger partial charge on any atom is 0.274 e. The number of hydrogen-bond donors (Lipinski definition) is 1. The summed E-state index contributed by atoms with van der Waals surface area (Å²) in [6, 6.07) is 7.68. The van der Waals surface area contributed by atoms with Crippen molar-refractivity contribution in [3.05, 3.63) is 42.4 Å². The zero-order valence-corrected chi connectivity index (χ0v) is 14.6. The first-order valence-electron chi connectivity index (χ1n) is 9.03. The van der Waals surface area contributed by atoms with Crippen LogP contribution in [0.15, 0.2) is 36.7 Å². The molecule has 2 aromatic rings. The summed E-state index contributed by atoms with van der Waals surface area (Å²) in [7, 11) is 0. The van der Waals surface area contributed by atoms with Crippen LogP contribution in [0.4, 0.5) is 5.82 Å². The molecule has 2 aliphatic heterocycles. The van der Waals surface area contributed by atoms with Gasteiger partial charge in [0.05, 0.1) is 12.4 Å². The van der Waals surface area contributed by atoms with Crippen molar-refractivity contribution in [2.24, 2.45) is 0 Å². The number of anilines is 1. The highest BCUT2D eigenvalue weighted by Crippen LogP contribution is 2.31. The van der Waals surface area contributed by atoms with Gasteiger partial charge < -0.3 is 19.7 Å². The lowest BCUT2D eigenvalue weighted by Crippen LogP contribution is -2.31. The van der Waals surface area contributed by atoms with E-state index >= 15 is 0 Å². The number of hydrogen-bond acceptors (Lipinski definition) is 6. The number of likely N-dealkylation sites (tertiary alicyclic amines) is 1. The number of carbonyl (C=O) groups is 1. The number of nitrogens with one attached hydrogen (secondary N) is 1. The van der Waals surface area contributed by atoms with Crippen LogP contribution in [0.25, 0.3) is 0 Å². The van der Waals surface area contributed by atoms with Crippen molar-refractivity contribution in [3.63, 3.8) is 0 Å². The first-order valence-corrected chi connectivity index (χ1v) is 9.03. The third-order valence-corrected chi connectivity index (χ3v) is 4.59. The van der Waals surface area contributed by atoms with E-state index in [1.807, 2.05) is 29.2 Å². The van der Waals surface area contributed by atoms with Crippen molar-refractivity contribution in [2.75, 3.05) is 31.6 Å². The lowest BCUT2D eigenvalue weighted by Gasteiger charge is -2.26. The molecule has 0 aliphatic carbocycles. The lowest BCUT2D eigenvalue weighted by molar-refractivity contribution is 0.0786. The molecule has 1 amide bonds. The minimum atomic E-state index is -0.0423. The second kappa shape index (κ2) is 7.59. The molecule has 3 heterocycles. The van der Waals surface area contributed by atoms with Crippen molar-refractivity contribution in [1.29, 1.82) is 0 Å². The van der Waals surface area contributed by atoms with Gasteiger partial charge in [0.15, 0.2) is 11.5 Å². The molecule has 0 bridgehead atoms. The summed E-state index contributed by atoms with van der Waals surface area (Å²) in [4.78, 5) is 22.8. The third kappa shape index (κ3) is 3.71. The number of para-hydroxylation sites is 2. The van der Waals surface area contributed by atoms with E-state index in [1.165, 1.54) is 6.20 Å². The second-order valence-electron chi connectivity index (χ2n) is 6.50. The Morgan fingerprint density at radius 3 is 2.85 bits per heavy atom. The van der Waals surface area contributed by atoms with Gasteiger partial charge in [-0.15, -0.1) is 0 Å². The zero-order valence-electron chi connectivity index (χ0n) is 14.6. The van der Waals surface area contributed by atoms with Gasteiger partial charge >= 0.3 is 0 Å². The quantitative estimate of drug-likeness (QED) is 0.888. The summed E-state index contributed by atoms with van der Waals surface area (Å²) in [5.74, 6) is 2.13. The van der Waals surface area contributed by atoms with Gasteiger partial charge in [0.25, 0.3) is 5.91 Å². The number of rotatable bonds is 5. The molecule has 1 atom stereocenters. The smallest absolute Gasteiger partial charge is 0.274 e. The average Bonchev–Trinajstić information content (AvgIpc) is 3.22. The summed E-state index contributed by atoms with van der Waals surface area (Å²) >= 11 is 0. The molecular weight excluding hydrogens is 332 g/mol. The molecule has 0 saturated carbocycles. The van der Waals surface area contributed by atoms with Gasteiger partial charge in [0.1, 0.15) is 24.2 Å². The Labute approximate surface area is 152 Å². The number of nitrogens with zero attached hydrogens (tertiary/aromatic N) is 3. The Hall–Kier alpha value is -2.83. The van der Waals surface area contributed by atoms with Crippen molar-refractivity contribution >= 4 is 11.7 Å². The molecule has 1 aromatic heterocycles. The summed E-state index contributed by atoms with van der Waals surface area (Å²) in [6.45, 7) is 2.79. The van der Waals surface area contributed by atoms with Gasteiger partial charge in [-0.2, -0.15) is 0 Å². The highest BCUT2D eigenvalue weighted by molar-refractivity contribution is 5.92. The first kappa shape index (κ1) is 16.6. The first-order chi connectivity index (χ1) is 12.8. The average molecular weight is 354 g/mol. The monoisotopic (exact) mass is 354 g/mol. The Kier molecular flexibility index (Phi) is 4.86. The number of ether oxygens (including phenoxy) is 2. The molecule has 0 radical (unpaired) electrons. The van der Waals surface area contributed by atoms with E-state index in [9.17, 15) is 4.79 Å². The van der Waals surface area contributed by atoms with Crippen molar-refractivity contribution < 1.29 is 14.3 Å².